The molecule has 0 aliphatic heterocycles. The van der Waals surface area contributed by atoms with Gasteiger partial charge in [-0.05, 0) is 12.5 Å². The summed E-state index contributed by atoms with van der Waals surface area (Å²) in [5.74, 6) is -0.828. The Morgan fingerprint density at radius 2 is 1.92 bits per heavy atom. The van der Waals surface area contributed by atoms with Crippen molar-refractivity contribution >= 4 is 40.3 Å². The Kier molecular flexibility index (Phi) is 3.32. The molecule has 0 bridgehead atoms. The number of hydrogen-bond donors (Lipinski definition) is 2. The molecule has 0 saturated carbocycles. The Balaban J connectivity index is 3.21. The van der Waals surface area contributed by atoms with Crippen molar-refractivity contribution in [3.05, 3.63) is 19.8 Å². The second-order valence-electron chi connectivity index (χ2n) is 2.39. The van der Waals surface area contributed by atoms with Crippen LogP contribution in [0.15, 0.2) is 0 Å². The van der Waals surface area contributed by atoms with Crippen molar-refractivity contribution in [1.82, 2.24) is 0 Å². The average Bonchev–Trinajstić information content (AvgIpc) is 2.26. The molecule has 0 aliphatic rings. The minimum atomic E-state index is -2.04. The number of Topliss-reactive ketones (excluding diaryl/α,β-unsaturated/α-hetero) is 1. The van der Waals surface area contributed by atoms with Crippen LogP contribution in [0.5, 0.6) is 0 Å². The van der Waals surface area contributed by atoms with Gasteiger partial charge in [-0.3, -0.25) is 4.79 Å². The second-order valence-corrected chi connectivity index (χ2v) is 4.61. The standard InChI is InChI=1S/C7H6Cl2O3S/c1-2-3(4(10)7(11)12)6(9)13-5(2)8/h7,11-12H,1H3. The van der Waals surface area contributed by atoms with Crippen LogP contribution >= 0.6 is 34.5 Å². The maximum atomic E-state index is 11.2. The zero-order chi connectivity index (χ0) is 10.2. The summed E-state index contributed by atoms with van der Waals surface area (Å²) < 4.78 is 0.564. The summed E-state index contributed by atoms with van der Waals surface area (Å²) in [5.41, 5.74) is 0.571. The molecule has 0 amide bonds. The van der Waals surface area contributed by atoms with Gasteiger partial charge in [0.05, 0.1) is 9.90 Å². The molecule has 1 heterocycles. The van der Waals surface area contributed by atoms with E-state index in [2.05, 4.69) is 0 Å². The first-order valence-electron chi connectivity index (χ1n) is 3.30. The molecule has 3 nitrogen and oxygen atoms in total. The molecule has 13 heavy (non-hydrogen) atoms. The molecule has 0 radical (unpaired) electrons. The lowest BCUT2D eigenvalue weighted by molar-refractivity contribution is -0.0195. The van der Waals surface area contributed by atoms with Crippen molar-refractivity contribution in [2.24, 2.45) is 0 Å². The minimum Gasteiger partial charge on any atom is -0.362 e. The highest BCUT2D eigenvalue weighted by Gasteiger charge is 2.23. The van der Waals surface area contributed by atoms with E-state index in [0.717, 1.165) is 11.3 Å². The van der Waals surface area contributed by atoms with E-state index in [4.69, 9.17) is 33.4 Å². The van der Waals surface area contributed by atoms with E-state index in [1.54, 1.807) is 6.92 Å². The summed E-state index contributed by atoms with van der Waals surface area (Å²) in [5, 5.41) is 17.3. The summed E-state index contributed by atoms with van der Waals surface area (Å²) in [6, 6.07) is 0. The zero-order valence-electron chi connectivity index (χ0n) is 6.54. The van der Waals surface area contributed by atoms with Crippen molar-refractivity contribution < 1.29 is 15.0 Å². The van der Waals surface area contributed by atoms with E-state index in [9.17, 15) is 4.79 Å². The van der Waals surface area contributed by atoms with Gasteiger partial charge in [-0.25, -0.2) is 0 Å². The second kappa shape index (κ2) is 3.94. The van der Waals surface area contributed by atoms with E-state index >= 15 is 0 Å². The van der Waals surface area contributed by atoms with Crippen LogP contribution in [0.3, 0.4) is 0 Å². The predicted molar refractivity (Wildman–Crippen MR) is 51.6 cm³/mol. The van der Waals surface area contributed by atoms with E-state index < -0.39 is 12.1 Å². The van der Waals surface area contributed by atoms with E-state index in [1.807, 2.05) is 0 Å². The predicted octanol–water partition coefficient (Wildman–Crippen LogP) is 1.86. The third-order valence-corrected chi connectivity index (χ3v) is 3.33. The maximum absolute atomic E-state index is 11.2. The first-order valence-corrected chi connectivity index (χ1v) is 4.87. The van der Waals surface area contributed by atoms with Crippen molar-refractivity contribution in [3.8, 4) is 0 Å². The molecule has 0 atom stereocenters. The quantitative estimate of drug-likeness (QED) is 0.613. The largest absolute Gasteiger partial charge is 0.362 e. The van der Waals surface area contributed by atoms with Crippen molar-refractivity contribution in [2.75, 3.05) is 0 Å². The number of carbonyl (C=O) groups excluding carboxylic acids is 1. The topological polar surface area (TPSA) is 57.5 Å². The van der Waals surface area contributed by atoms with Crippen molar-refractivity contribution in [2.45, 2.75) is 13.2 Å². The fraction of sp³-hybridized carbons (Fsp3) is 0.286. The number of aliphatic hydroxyl groups is 2. The van der Waals surface area contributed by atoms with Gasteiger partial charge in [0.1, 0.15) is 4.34 Å². The number of rotatable bonds is 2. The lowest BCUT2D eigenvalue weighted by Gasteiger charge is -2.01. The number of carbonyl (C=O) groups is 1. The summed E-state index contributed by atoms with van der Waals surface area (Å²) in [6.07, 6.45) is -2.04. The number of thiophene rings is 1. The van der Waals surface area contributed by atoms with Crippen LogP contribution in [0.25, 0.3) is 0 Å². The summed E-state index contributed by atoms with van der Waals surface area (Å²) in [7, 11) is 0. The molecule has 0 unspecified atom stereocenters. The average molecular weight is 241 g/mol. The molecule has 6 heteroatoms. The number of halogens is 2. The highest BCUT2D eigenvalue weighted by atomic mass is 35.5. The first kappa shape index (κ1) is 10.9. The Hall–Kier alpha value is -0.130. The number of aliphatic hydroxyl groups excluding tert-OH is 1. The minimum absolute atomic E-state index is 0.0895. The molecular formula is C7H6Cl2O3S. The van der Waals surface area contributed by atoms with Gasteiger partial charge in [0, 0.05) is 0 Å². The highest BCUT2D eigenvalue weighted by Crippen LogP contribution is 2.36. The van der Waals surface area contributed by atoms with Crippen molar-refractivity contribution in [1.29, 1.82) is 0 Å². The summed E-state index contributed by atoms with van der Waals surface area (Å²) in [4.78, 5) is 11.2. The monoisotopic (exact) mass is 240 g/mol. The van der Waals surface area contributed by atoms with Crippen LogP contribution in [0, 0.1) is 6.92 Å². The zero-order valence-corrected chi connectivity index (χ0v) is 8.87. The van der Waals surface area contributed by atoms with Gasteiger partial charge in [0.2, 0.25) is 12.1 Å². The molecule has 0 aliphatic carbocycles. The molecule has 0 saturated heterocycles. The third-order valence-electron chi connectivity index (χ3n) is 1.53. The molecule has 0 fully saturated rings. The number of hydrogen-bond acceptors (Lipinski definition) is 4. The van der Waals surface area contributed by atoms with Crippen LogP contribution in [0.4, 0.5) is 0 Å². The molecule has 72 valence electrons. The third kappa shape index (κ3) is 2.03. The van der Waals surface area contributed by atoms with Gasteiger partial charge in [0.15, 0.2) is 0 Å². The Morgan fingerprint density at radius 3 is 2.23 bits per heavy atom. The van der Waals surface area contributed by atoms with Crippen LogP contribution < -0.4 is 0 Å². The van der Waals surface area contributed by atoms with Gasteiger partial charge >= 0.3 is 0 Å². The molecule has 1 aromatic rings. The lowest BCUT2D eigenvalue weighted by atomic mass is 10.1. The first-order chi connectivity index (χ1) is 5.95. The van der Waals surface area contributed by atoms with E-state index in [0.29, 0.717) is 9.90 Å². The Morgan fingerprint density at radius 1 is 1.38 bits per heavy atom. The lowest BCUT2D eigenvalue weighted by Crippen LogP contribution is -2.19. The SMILES string of the molecule is Cc1c(Cl)sc(Cl)c1C(=O)C(O)O. The maximum Gasteiger partial charge on any atom is 0.221 e. The van der Waals surface area contributed by atoms with Gasteiger partial charge in [-0.15, -0.1) is 11.3 Å². The van der Waals surface area contributed by atoms with Crippen LogP contribution in [0.2, 0.25) is 8.67 Å². The van der Waals surface area contributed by atoms with Gasteiger partial charge < -0.3 is 10.2 Å². The molecular weight excluding hydrogens is 235 g/mol. The summed E-state index contributed by atoms with van der Waals surface area (Å²) in [6.45, 7) is 1.60. The fourth-order valence-corrected chi connectivity index (χ4v) is 2.54. The van der Waals surface area contributed by atoms with Crippen LogP contribution in [0.1, 0.15) is 15.9 Å². The van der Waals surface area contributed by atoms with Gasteiger partial charge in [-0.1, -0.05) is 23.2 Å². The normalized spacial score (nSPS) is 10.9. The van der Waals surface area contributed by atoms with E-state index in [1.165, 1.54) is 0 Å². The van der Waals surface area contributed by atoms with Gasteiger partial charge in [0.25, 0.3) is 0 Å². The van der Waals surface area contributed by atoms with Crippen molar-refractivity contribution in [3.63, 3.8) is 0 Å². The van der Waals surface area contributed by atoms with Crippen LogP contribution in [-0.2, 0) is 0 Å². The Bertz CT molecular complexity index is 346. The molecule has 0 spiro atoms. The molecule has 0 aromatic carbocycles. The number of ketones is 1. The van der Waals surface area contributed by atoms with Gasteiger partial charge in [-0.2, -0.15) is 0 Å². The Labute approximate surface area is 88.5 Å². The molecule has 1 rings (SSSR count). The van der Waals surface area contributed by atoms with E-state index in [-0.39, 0.29) is 9.90 Å². The fourth-order valence-electron chi connectivity index (χ4n) is 0.863. The molecule has 2 N–H and O–H groups in total. The smallest absolute Gasteiger partial charge is 0.221 e. The molecule has 1 aromatic heterocycles. The highest BCUT2D eigenvalue weighted by molar-refractivity contribution is 7.20. The van der Waals surface area contributed by atoms with Crippen LogP contribution in [-0.4, -0.2) is 22.3 Å². The summed E-state index contributed by atoms with van der Waals surface area (Å²) >= 11 is 12.4.